The predicted molar refractivity (Wildman–Crippen MR) is 116 cm³/mol. The Bertz CT molecular complexity index is 1270. The van der Waals surface area contributed by atoms with Gasteiger partial charge in [0.1, 0.15) is 0 Å². The standard InChI is InChI=1S/C25H17N3O5/c29-23(13-6-5-7-14(12-13)28(32)33)26-27-24(30)21-19-15-8-1-2-9-16(15)20(22(21)25(27)31)18-11-4-3-10-17(18)19/h1-12,19-22H,(H,26,29)/t19?,20?,21-,22?/m0/s1. The lowest BCUT2D eigenvalue weighted by Crippen LogP contribution is -2.46. The molecular formula is C25H17N3O5. The fraction of sp³-hybridized carbons (Fsp3) is 0.160. The quantitative estimate of drug-likeness (QED) is 0.383. The summed E-state index contributed by atoms with van der Waals surface area (Å²) in [5.41, 5.74) is 6.31. The zero-order chi connectivity index (χ0) is 22.9. The highest BCUT2D eigenvalue weighted by molar-refractivity contribution is 6.09. The molecule has 3 aromatic rings. The number of carbonyl (C=O) groups excluding carboxylic acids is 3. The molecule has 3 amide bonds. The fourth-order valence-corrected chi connectivity index (χ4v) is 5.71. The highest BCUT2D eigenvalue weighted by Crippen LogP contribution is 2.60. The Morgan fingerprint density at radius 2 is 1.27 bits per heavy atom. The molecule has 0 spiro atoms. The van der Waals surface area contributed by atoms with Gasteiger partial charge in [0.2, 0.25) is 0 Å². The van der Waals surface area contributed by atoms with E-state index in [1.807, 2.05) is 48.5 Å². The molecule has 33 heavy (non-hydrogen) atoms. The molecule has 1 saturated heterocycles. The molecule has 2 bridgehead atoms. The minimum atomic E-state index is -0.749. The van der Waals surface area contributed by atoms with Gasteiger partial charge in [-0.2, -0.15) is 5.01 Å². The van der Waals surface area contributed by atoms with Gasteiger partial charge < -0.3 is 0 Å². The van der Waals surface area contributed by atoms with Gasteiger partial charge in [-0.25, -0.2) is 0 Å². The van der Waals surface area contributed by atoms with Crippen LogP contribution in [0.25, 0.3) is 0 Å². The molecular weight excluding hydrogens is 422 g/mol. The molecule has 4 aliphatic rings. The maximum Gasteiger partial charge on any atom is 0.270 e. The van der Waals surface area contributed by atoms with Crippen molar-refractivity contribution >= 4 is 23.4 Å². The first-order valence-corrected chi connectivity index (χ1v) is 10.6. The van der Waals surface area contributed by atoms with E-state index in [0.717, 1.165) is 33.3 Å². The van der Waals surface area contributed by atoms with Crippen LogP contribution in [0.4, 0.5) is 5.69 Å². The van der Waals surface area contributed by atoms with E-state index in [4.69, 9.17) is 0 Å². The highest BCUT2D eigenvalue weighted by Gasteiger charge is 2.62. The summed E-state index contributed by atoms with van der Waals surface area (Å²) in [5.74, 6) is -3.44. The summed E-state index contributed by atoms with van der Waals surface area (Å²) in [6.07, 6.45) is 0. The van der Waals surface area contributed by atoms with Crippen LogP contribution in [0, 0.1) is 22.0 Å². The van der Waals surface area contributed by atoms with Gasteiger partial charge in [0.25, 0.3) is 23.4 Å². The molecule has 8 nitrogen and oxygen atoms in total. The lowest BCUT2D eigenvalue weighted by Gasteiger charge is -2.45. The molecule has 1 N–H and O–H groups in total. The summed E-state index contributed by atoms with van der Waals surface area (Å²) >= 11 is 0. The van der Waals surface area contributed by atoms with E-state index < -0.39 is 34.5 Å². The Labute approximate surface area is 188 Å². The molecule has 0 aromatic heterocycles. The Morgan fingerprint density at radius 3 is 1.73 bits per heavy atom. The molecule has 162 valence electrons. The monoisotopic (exact) mass is 439 g/mol. The molecule has 3 aromatic carbocycles. The summed E-state index contributed by atoms with van der Waals surface area (Å²) in [7, 11) is 0. The maximum absolute atomic E-state index is 13.5. The number of hydrogen-bond acceptors (Lipinski definition) is 5. The molecule has 0 saturated carbocycles. The van der Waals surface area contributed by atoms with Gasteiger partial charge in [0, 0.05) is 29.5 Å². The molecule has 7 rings (SSSR count). The van der Waals surface area contributed by atoms with Crippen LogP contribution in [-0.2, 0) is 9.59 Å². The number of hydrazine groups is 1. The summed E-state index contributed by atoms with van der Waals surface area (Å²) in [6, 6.07) is 20.9. The number of hydrogen-bond donors (Lipinski definition) is 1. The Kier molecular flexibility index (Phi) is 4.01. The van der Waals surface area contributed by atoms with Gasteiger partial charge in [-0.1, -0.05) is 54.6 Å². The number of benzene rings is 3. The second-order valence-corrected chi connectivity index (χ2v) is 8.52. The lowest BCUT2D eigenvalue weighted by molar-refractivity contribution is -0.384. The maximum atomic E-state index is 13.5. The van der Waals surface area contributed by atoms with Crippen molar-refractivity contribution in [1.82, 2.24) is 10.4 Å². The number of rotatable bonds is 3. The number of nitrogens with one attached hydrogen (secondary N) is 1. The molecule has 2 atom stereocenters. The third-order valence-electron chi connectivity index (χ3n) is 6.98. The summed E-state index contributed by atoms with van der Waals surface area (Å²) < 4.78 is 0. The smallest absolute Gasteiger partial charge is 0.270 e. The number of non-ortho nitro benzene ring substituents is 1. The van der Waals surface area contributed by atoms with Gasteiger partial charge in [-0.3, -0.25) is 29.9 Å². The van der Waals surface area contributed by atoms with Crippen molar-refractivity contribution in [2.75, 3.05) is 0 Å². The molecule has 8 heteroatoms. The minimum Gasteiger partial charge on any atom is -0.272 e. The van der Waals surface area contributed by atoms with E-state index in [2.05, 4.69) is 5.43 Å². The van der Waals surface area contributed by atoms with Crippen molar-refractivity contribution in [3.8, 4) is 0 Å². The number of imide groups is 1. The average Bonchev–Trinajstić information content (AvgIpc) is 3.09. The second kappa shape index (κ2) is 6.83. The van der Waals surface area contributed by atoms with Crippen LogP contribution in [0.3, 0.4) is 0 Å². The van der Waals surface area contributed by atoms with Crippen LogP contribution in [-0.4, -0.2) is 27.7 Å². The van der Waals surface area contributed by atoms with Crippen LogP contribution < -0.4 is 5.43 Å². The van der Waals surface area contributed by atoms with Gasteiger partial charge >= 0.3 is 0 Å². The highest BCUT2D eigenvalue weighted by atomic mass is 16.6. The SMILES string of the molecule is O=C(NN1C(=O)C2C3c4ccccc4C(c4ccccc43)[C@@H]2C1=O)c1cccc([N+](=O)[O-])c1. The summed E-state index contributed by atoms with van der Waals surface area (Å²) in [5, 5.41) is 11.9. The summed E-state index contributed by atoms with van der Waals surface area (Å²) in [4.78, 5) is 50.2. The second-order valence-electron chi connectivity index (χ2n) is 8.52. The van der Waals surface area contributed by atoms with E-state index in [9.17, 15) is 24.5 Å². The Morgan fingerprint density at radius 1 is 0.788 bits per heavy atom. The Balaban J connectivity index is 1.39. The molecule has 1 unspecified atom stereocenters. The number of carbonyl (C=O) groups is 3. The molecule has 0 radical (unpaired) electrons. The summed E-state index contributed by atoms with van der Waals surface area (Å²) in [6.45, 7) is 0. The zero-order valence-corrected chi connectivity index (χ0v) is 17.2. The van der Waals surface area contributed by atoms with Crippen LogP contribution in [0.15, 0.2) is 72.8 Å². The first-order valence-electron chi connectivity index (χ1n) is 10.6. The van der Waals surface area contributed by atoms with E-state index in [1.54, 1.807) is 0 Å². The number of nitro benzene ring substituents is 1. The number of nitrogens with zero attached hydrogens (tertiary/aromatic N) is 2. The van der Waals surface area contributed by atoms with E-state index in [1.165, 1.54) is 18.2 Å². The van der Waals surface area contributed by atoms with Gasteiger partial charge in [-0.15, -0.1) is 0 Å². The van der Waals surface area contributed by atoms with Crippen molar-refractivity contribution in [2.24, 2.45) is 11.8 Å². The van der Waals surface area contributed by atoms with E-state index in [0.29, 0.717) is 0 Å². The van der Waals surface area contributed by atoms with Crippen molar-refractivity contribution < 1.29 is 19.3 Å². The van der Waals surface area contributed by atoms with Gasteiger partial charge in [0.15, 0.2) is 0 Å². The van der Waals surface area contributed by atoms with Crippen LogP contribution in [0.2, 0.25) is 0 Å². The van der Waals surface area contributed by atoms with E-state index in [-0.39, 0.29) is 23.1 Å². The van der Waals surface area contributed by atoms with Crippen molar-refractivity contribution in [2.45, 2.75) is 11.8 Å². The lowest BCUT2D eigenvalue weighted by atomic mass is 9.55. The zero-order valence-electron chi connectivity index (χ0n) is 17.2. The van der Waals surface area contributed by atoms with Crippen LogP contribution >= 0.6 is 0 Å². The van der Waals surface area contributed by atoms with Gasteiger partial charge in [-0.05, 0) is 28.3 Å². The van der Waals surface area contributed by atoms with E-state index >= 15 is 0 Å². The number of amides is 3. The molecule has 3 aliphatic carbocycles. The predicted octanol–water partition coefficient (Wildman–Crippen LogP) is 3.13. The largest absolute Gasteiger partial charge is 0.272 e. The molecule has 1 heterocycles. The van der Waals surface area contributed by atoms with Crippen LogP contribution in [0.1, 0.15) is 44.4 Å². The molecule has 1 fully saturated rings. The fourth-order valence-electron chi connectivity index (χ4n) is 5.71. The first-order chi connectivity index (χ1) is 16.0. The topological polar surface area (TPSA) is 110 Å². The average molecular weight is 439 g/mol. The number of nitro groups is 1. The molecule has 1 aliphatic heterocycles. The van der Waals surface area contributed by atoms with Crippen molar-refractivity contribution in [1.29, 1.82) is 0 Å². The first kappa shape index (κ1) is 19.4. The minimum absolute atomic E-state index is 0.00536. The van der Waals surface area contributed by atoms with Crippen molar-refractivity contribution in [3.63, 3.8) is 0 Å². The third kappa shape index (κ3) is 2.60. The van der Waals surface area contributed by atoms with Crippen molar-refractivity contribution in [3.05, 3.63) is 111 Å². The van der Waals surface area contributed by atoms with Crippen LogP contribution in [0.5, 0.6) is 0 Å². The van der Waals surface area contributed by atoms with Gasteiger partial charge in [0.05, 0.1) is 16.8 Å². The normalized spacial score (nSPS) is 24.2. The third-order valence-corrected chi connectivity index (χ3v) is 6.98. The Hall–Kier alpha value is -4.33.